The monoisotopic (exact) mass is 509 g/mol. The van der Waals surface area contributed by atoms with Crippen LogP contribution in [0.1, 0.15) is 36.3 Å². The third-order valence-electron chi connectivity index (χ3n) is 6.00. The van der Waals surface area contributed by atoms with Gasteiger partial charge < -0.3 is 20.5 Å². The molecule has 3 N–H and O–H groups in total. The number of hydrogen-bond acceptors (Lipinski definition) is 7. The predicted molar refractivity (Wildman–Crippen MR) is 136 cm³/mol. The Morgan fingerprint density at radius 2 is 2.11 bits per heavy atom. The number of phenols is 1. The van der Waals surface area contributed by atoms with Gasteiger partial charge in [0.15, 0.2) is 17.3 Å². The van der Waals surface area contributed by atoms with Crippen LogP contribution < -0.4 is 15.4 Å². The Bertz CT molecular complexity index is 1310. The van der Waals surface area contributed by atoms with Gasteiger partial charge in [0.2, 0.25) is 5.91 Å². The maximum atomic E-state index is 12.9. The summed E-state index contributed by atoms with van der Waals surface area (Å²) in [4.78, 5) is 25.6. The van der Waals surface area contributed by atoms with Crippen molar-refractivity contribution in [2.75, 3.05) is 18.2 Å². The number of hydrogen-bond donors (Lipinski definition) is 3. The van der Waals surface area contributed by atoms with E-state index < -0.39 is 5.92 Å². The fourth-order valence-electron chi connectivity index (χ4n) is 4.25. The van der Waals surface area contributed by atoms with Crippen molar-refractivity contribution in [3.63, 3.8) is 0 Å². The van der Waals surface area contributed by atoms with Crippen molar-refractivity contribution in [1.82, 2.24) is 5.32 Å². The molecule has 35 heavy (non-hydrogen) atoms. The van der Waals surface area contributed by atoms with Crippen LogP contribution >= 0.6 is 23.4 Å². The number of nitriles is 1. The lowest BCUT2D eigenvalue weighted by Gasteiger charge is -2.33. The van der Waals surface area contributed by atoms with Gasteiger partial charge in [-0.3, -0.25) is 9.59 Å². The third-order valence-corrected chi connectivity index (χ3v) is 7.43. The minimum atomic E-state index is -0.611. The van der Waals surface area contributed by atoms with E-state index in [1.807, 2.05) is 13.0 Å². The summed E-state index contributed by atoms with van der Waals surface area (Å²) in [6.07, 6.45) is 1.79. The highest BCUT2D eigenvalue weighted by molar-refractivity contribution is 8.03. The number of benzene rings is 2. The zero-order valence-corrected chi connectivity index (χ0v) is 20.8. The number of anilines is 1. The van der Waals surface area contributed by atoms with Crippen molar-refractivity contribution < 1.29 is 19.4 Å². The molecule has 0 fully saturated rings. The van der Waals surface area contributed by atoms with E-state index >= 15 is 0 Å². The molecule has 9 heteroatoms. The maximum Gasteiger partial charge on any atom is 0.234 e. The lowest BCUT2D eigenvalue weighted by molar-refractivity contribution is -0.116. The molecule has 2 aromatic rings. The molecule has 180 valence electrons. The molecule has 1 amide bonds. The molecule has 1 unspecified atom stereocenters. The molecule has 0 bridgehead atoms. The molecule has 1 atom stereocenters. The van der Waals surface area contributed by atoms with E-state index in [2.05, 4.69) is 16.7 Å². The zero-order chi connectivity index (χ0) is 25.1. The van der Waals surface area contributed by atoms with E-state index in [1.165, 1.54) is 24.9 Å². The summed E-state index contributed by atoms with van der Waals surface area (Å²) in [7, 11) is 1.44. The fourth-order valence-corrected chi connectivity index (χ4v) is 5.29. The van der Waals surface area contributed by atoms with Gasteiger partial charge in [-0.05, 0) is 55.2 Å². The van der Waals surface area contributed by atoms with Gasteiger partial charge in [0.1, 0.15) is 0 Å². The summed E-state index contributed by atoms with van der Waals surface area (Å²) in [6, 6.07) is 12.4. The number of ether oxygens (including phenoxy) is 1. The minimum Gasteiger partial charge on any atom is -0.504 e. The van der Waals surface area contributed by atoms with Crippen molar-refractivity contribution in [3.05, 3.63) is 74.4 Å². The average Bonchev–Trinajstić information content (AvgIpc) is 2.84. The van der Waals surface area contributed by atoms with Crippen molar-refractivity contribution in [2.24, 2.45) is 0 Å². The molecule has 2 aliphatic rings. The summed E-state index contributed by atoms with van der Waals surface area (Å²) >= 11 is 7.36. The topological polar surface area (TPSA) is 111 Å². The number of allylic oxidation sites excluding steroid dienone is 3. The average molecular weight is 510 g/mol. The number of thioether (sulfide) groups is 1. The Balaban J connectivity index is 1.63. The number of methoxy groups -OCH3 is 1. The number of nitrogens with zero attached hydrogens (tertiary/aromatic N) is 1. The standard InChI is InChI=1S/C26H24ClN3O4S/c1-14-6-8-16(11-18(14)27)29-23(33)13-35-26-17(12-28)24(15-7-9-20(31)22(10-15)34-2)25-19(30-26)4-3-5-21(25)32/h6-11,24,30-31H,3-5,13H2,1-2H3,(H,29,33). The lowest BCUT2D eigenvalue weighted by atomic mass is 9.77. The van der Waals surface area contributed by atoms with Gasteiger partial charge in [0.05, 0.1) is 35.5 Å². The Hall–Kier alpha value is -3.41. The van der Waals surface area contributed by atoms with Crippen LogP contribution in [0.5, 0.6) is 11.5 Å². The Labute approximate surface area is 212 Å². The van der Waals surface area contributed by atoms with Crippen molar-refractivity contribution >= 4 is 40.7 Å². The lowest BCUT2D eigenvalue weighted by Crippen LogP contribution is -2.31. The second-order valence-corrected chi connectivity index (χ2v) is 9.71. The number of aromatic hydroxyl groups is 1. The summed E-state index contributed by atoms with van der Waals surface area (Å²) in [5.74, 6) is -0.583. The van der Waals surface area contributed by atoms with E-state index in [9.17, 15) is 20.0 Å². The quantitative estimate of drug-likeness (QED) is 0.493. The van der Waals surface area contributed by atoms with Crippen LogP contribution in [0, 0.1) is 18.3 Å². The second-order valence-electron chi connectivity index (χ2n) is 8.31. The molecule has 4 rings (SSSR count). The van der Waals surface area contributed by atoms with Crippen LogP contribution in [0.3, 0.4) is 0 Å². The number of dihydropyridines is 1. The highest BCUT2D eigenvalue weighted by atomic mass is 35.5. The second kappa shape index (κ2) is 10.5. The van der Waals surface area contributed by atoms with Crippen molar-refractivity contribution in [3.8, 4) is 17.6 Å². The number of amides is 1. The number of carbonyl (C=O) groups is 2. The summed E-state index contributed by atoms with van der Waals surface area (Å²) in [5, 5.41) is 27.3. The van der Waals surface area contributed by atoms with Crippen LogP contribution in [0.2, 0.25) is 5.02 Å². The number of phenolic OH excluding ortho intramolecular Hbond substituents is 1. The largest absolute Gasteiger partial charge is 0.504 e. The Morgan fingerprint density at radius 3 is 2.83 bits per heavy atom. The minimum absolute atomic E-state index is 0.0124. The number of Topliss-reactive ketones (excluding diaryl/α,β-unsaturated/α-hetero) is 1. The molecule has 1 heterocycles. The van der Waals surface area contributed by atoms with Gasteiger partial charge in [-0.25, -0.2) is 0 Å². The number of ketones is 1. The van der Waals surface area contributed by atoms with E-state index in [4.69, 9.17) is 16.3 Å². The van der Waals surface area contributed by atoms with Crippen LogP contribution in [-0.2, 0) is 9.59 Å². The number of nitrogens with one attached hydrogen (secondary N) is 2. The van der Waals surface area contributed by atoms with Crippen molar-refractivity contribution in [2.45, 2.75) is 32.1 Å². The van der Waals surface area contributed by atoms with Crippen LogP contribution in [0.15, 0.2) is 58.3 Å². The van der Waals surface area contributed by atoms with E-state index in [1.54, 1.807) is 24.3 Å². The normalized spacial score (nSPS) is 17.4. The summed E-state index contributed by atoms with van der Waals surface area (Å²) < 4.78 is 5.25. The highest BCUT2D eigenvalue weighted by Gasteiger charge is 2.37. The summed E-state index contributed by atoms with van der Waals surface area (Å²) in [6.45, 7) is 1.88. The van der Waals surface area contributed by atoms with Gasteiger partial charge in [0.25, 0.3) is 0 Å². The summed E-state index contributed by atoms with van der Waals surface area (Å²) in [5.41, 5.74) is 3.85. The molecule has 0 saturated carbocycles. The van der Waals surface area contributed by atoms with E-state index in [-0.39, 0.29) is 28.9 Å². The number of aryl methyl sites for hydroxylation is 1. The zero-order valence-electron chi connectivity index (χ0n) is 19.3. The molecule has 2 aromatic carbocycles. The number of carbonyl (C=O) groups excluding carboxylic acids is 2. The smallest absolute Gasteiger partial charge is 0.234 e. The Kier molecular flexibility index (Phi) is 7.39. The first kappa shape index (κ1) is 24.7. The molecule has 7 nitrogen and oxygen atoms in total. The molecule has 1 aliphatic carbocycles. The van der Waals surface area contributed by atoms with E-state index in [0.29, 0.717) is 51.7 Å². The molecule has 0 spiro atoms. The van der Waals surface area contributed by atoms with Gasteiger partial charge in [-0.1, -0.05) is 35.5 Å². The fraction of sp³-hybridized carbons (Fsp3) is 0.269. The number of halogens is 1. The van der Waals surface area contributed by atoms with E-state index in [0.717, 1.165) is 11.3 Å². The van der Waals surface area contributed by atoms with Gasteiger partial charge in [-0.15, -0.1) is 0 Å². The molecule has 0 saturated heterocycles. The van der Waals surface area contributed by atoms with Gasteiger partial charge >= 0.3 is 0 Å². The third kappa shape index (κ3) is 5.16. The van der Waals surface area contributed by atoms with Gasteiger partial charge in [-0.2, -0.15) is 5.26 Å². The van der Waals surface area contributed by atoms with Crippen LogP contribution in [-0.4, -0.2) is 29.7 Å². The maximum absolute atomic E-state index is 12.9. The van der Waals surface area contributed by atoms with Crippen molar-refractivity contribution in [1.29, 1.82) is 5.26 Å². The van der Waals surface area contributed by atoms with Crippen LogP contribution in [0.4, 0.5) is 5.69 Å². The molecule has 1 aliphatic heterocycles. The molecule has 0 aromatic heterocycles. The van der Waals surface area contributed by atoms with Gasteiger partial charge in [0, 0.05) is 28.4 Å². The molecular formula is C26H24ClN3O4S. The first-order valence-electron chi connectivity index (χ1n) is 11.1. The number of rotatable bonds is 6. The highest BCUT2D eigenvalue weighted by Crippen LogP contribution is 2.45. The molecular weight excluding hydrogens is 486 g/mol. The first-order chi connectivity index (χ1) is 16.8. The van der Waals surface area contributed by atoms with Crippen LogP contribution in [0.25, 0.3) is 0 Å². The predicted octanol–water partition coefficient (Wildman–Crippen LogP) is 5.16. The SMILES string of the molecule is COc1cc(C2C(C#N)=C(SCC(=O)Nc3ccc(C)c(Cl)c3)NC3=C2C(=O)CCC3)ccc1O. The Morgan fingerprint density at radius 1 is 1.31 bits per heavy atom. The molecule has 0 radical (unpaired) electrons. The first-order valence-corrected chi connectivity index (χ1v) is 12.4.